The van der Waals surface area contributed by atoms with Crippen molar-refractivity contribution in [3.63, 3.8) is 0 Å². The summed E-state index contributed by atoms with van der Waals surface area (Å²) in [7, 11) is 0. The Morgan fingerprint density at radius 3 is 2.68 bits per heavy atom. The minimum Gasteiger partial charge on any atom is -0.365 e. The van der Waals surface area contributed by atoms with Crippen LogP contribution in [-0.2, 0) is 17.9 Å². The zero-order valence-electron chi connectivity index (χ0n) is 13.2. The van der Waals surface area contributed by atoms with Crippen molar-refractivity contribution in [3.05, 3.63) is 77.4 Å². The normalized spacial score (nSPS) is 16.3. The van der Waals surface area contributed by atoms with E-state index in [4.69, 9.17) is 4.74 Å². The Morgan fingerprint density at radius 2 is 1.92 bits per heavy atom. The number of anilines is 1. The second-order valence-corrected chi connectivity index (χ2v) is 5.74. The number of nitrogens with one attached hydrogen (secondary N) is 1. The number of carbonyl (C=O) groups is 1. The van der Waals surface area contributed by atoms with Crippen LogP contribution in [0.1, 0.15) is 27.8 Å². The lowest BCUT2D eigenvalue weighted by atomic mass is 10.1. The highest BCUT2D eigenvalue weighted by Crippen LogP contribution is 2.27. The third-order valence-electron chi connectivity index (χ3n) is 4.09. The summed E-state index contributed by atoms with van der Waals surface area (Å²) < 4.78 is 20.5. The van der Waals surface area contributed by atoms with Gasteiger partial charge in [0.1, 0.15) is 11.9 Å². The van der Waals surface area contributed by atoms with Gasteiger partial charge in [0.2, 0.25) is 0 Å². The predicted octanol–water partition coefficient (Wildman–Crippen LogP) is 2.94. The van der Waals surface area contributed by atoms with Gasteiger partial charge in [-0.05, 0) is 29.8 Å². The van der Waals surface area contributed by atoms with E-state index in [1.807, 2.05) is 30.3 Å². The number of hydrogen-bond donors (Lipinski definition) is 1. The molecule has 0 bridgehead atoms. The highest BCUT2D eigenvalue weighted by Gasteiger charge is 2.27. The lowest BCUT2D eigenvalue weighted by molar-refractivity contribution is -0.00171. The zero-order chi connectivity index (χ0) is 17.2. The summed E-state index contributed by atoms with van der Waals surface area (Å²) in [5.41, 5.74) is 2.40. The predicted molar refractivity (Wildman–Crippen MR) is 88.3 cm³/mol. The maximum Gasteiger partial charge on any atom is 0.278 e. The van der Waals surface area contributed by atoms with Crippen molar-refractivity contribution < 1.29 is 13.9 Å². The molecule has 1 aromatic heterocycles. The van der Waals surface area contributed by atoms with Crippen LogP contribution in [0.3, 0.4) is 0 Å². The smallest absolute Gasteiger partial charge is 0.278 e. The second kappa shape index (κ2) is 6.45. The fourth-order valence-electron chi connectivity index (χ4n) is 2.78. The topological polar surface area (TPSA) is 69.0 Å². The van der Waals surface area contributed by atoms with E-state index in [-0.39, 0.29) is 24.2 Å². The van der Waals surface area contributed by atoms with E-state index in [1.165, 1.54) is 24.3 Å². The molecular weight excluding hydrogens is 323 g/mol. The van der Waals surface area contributed by atoms with Gasteiger partial charge >= 0.3 is 0 Å². The molecule has 2 heterocycles. The number of ether oxygens (including phenoxy) is 1. The highest BCUT2D eigenvalue weighted by molar-refractivity contribution is 6.03. The van der Waals surface area contributed by atoms with Gasteiger partial charge in [-0.2, -0.15) is 0 Å². The minimum atomic E-state index is -0.394. The summed E-state index contributed by atoms with van der Waals surface area (Å²) in [6, 6.07) is 15.4. The number of benzene rings is 2. The molecule has 126 valence electrons. The SMILES string of the molecule is O=C(Nc1ccc(F)cc1)c1nnn2c1COC(c1ccccc1)C2. The molecule has 1 atom stereocenters. The standard InChI is InChI=1S/C18H15FN4O2/c19-13-6-8-14(9-7-13)20-18(24)17-15-11-25-16(10-23(15)22-21-17)12-4-2-1-3-5-12/h1-9,16H,10-11H2,(H,20,24). The molecule has 1 N–H and O–H groups in total. The van der Waals surface area contributed by atoms with Gasteiger partial charge in [-0.25, -0.2) is 9.07 Å². The molecule has 1 amide bonds. The van der Waals surface area contributed by atoms with Gasteiger partial charge < -0.3 is 10.1 Å². The Labute approximate surface area is 143 Å². The molecule has 1 aliphatic heterocycles. The quantitative estimate of drug-likeness (QED) is 0.797. The second-order valence-electron chi connectivity index (χ2n) is 5.74. The Morgan fingerprint density at radius 1 is 1.16 bits per heavy atom. The number of halogens is 1. The van der Waals surface area contributed by atoms with Crippen LogP contribution in [0.5, 0.6) is 0 Å². The molecule has 4 rings (SSSR count). The molecule has 0 saturated heterocycles. The monoisotopic (exact) mass is 338 g/mol. The van der Waals surface area contributed by atoms with Crippen molar-refractivity contribution in [1.82, 2.24) is 15.0 Å². The summed E-state index contributed by atoms with van der Waals surface area (Å²) in [5.74, 6) is -0.756. The summed E-state index contributed by atoms with van der Waals surface area (Å²) in [4.78, 5) is 12.4. The molecule has 6 nitrogen and oxygen atoms in total. The average Bonchev–Trinajstić information content (AvgIpc) is 3.07. The van der Waals surface area contributed by atoms with Crippen molar-refractivity contribution in [3.8, 4) is 0 Å². The van der Waals surface area contributed by atoms with Gasteiger partial charge in [0.15, 0.2) is 5.69 Å². The zero-order valence-corrected chi connectivity index (χ0v) is 13.2. The number of rotatable bonds is 3. The number of aromatic nitrogens is 3. The van der Waals surface area contributed by atoms with E-state index in [0.29, 0.717) is 17.9 Å². The minimum absolute atomic E-state index is 0.122. The molecule has 7 heteroatoms. The van der Waals surface area contributed by atoms with Crippen LogP contribution >= 0.6 is 0 Å². The first-order chi connectivity index (χ1) is 12.2. The van der Waals surface area contributed by atoms with Crippen LogP contribution in [0.4, 0.5) is 10.1 Å². The van der Waals surface area contributed by atoms with Gasteiger partial charge in [0.05, 0.1) is 18.8 Å². The van der Waals surface area contributed by atoms with E-state index in [1.54, 1.807) is 4.68 Å². The fraction of sp³-hybridized carbons (Fsp3) is 0.167. The van der Waals surface area contributed by atoms with Crippen LogP contribution in [0.2, 0.25) is 0 Å². The Hall–Kier alpha value is -3.06. The van der Waals surface area contributed by atoms with Gasteiger partial charge in [-0.1, -0.05) is 35.5 Å². The molecule has 0 fully saturated rings. The molecule has 2 aromatic carbocycles. The number of fused-ring (bicyclic) bond motifs is 1. The maximum absolute atomic E-state index is 12.9. The van der Waals surface area contributed by atoms with Crippen LogP contribution in [0, 0.1) is 5.82 Å². The van der Waals surface area contributed by atoms with Crippen LogP contribution in [0.15, 0.2) is 54.6 Å². The van der Waals surface area contributed by atoms with Gasteiger partial charge in [-0.15, -0.1) is 5.10 Å². The van der Waals surface area contributed by atoms with Crippen molar-refractivity contribution in [2.45, 2.75) is 19.3 Å². The van der Waals surface area contributed by atoms with Crippen molar-refractivity contribution in [2.75, 3.05) is 5.32 Å². The molecule has 0 spiro atoms. The molecule has 0 saturated carbocycles. The third-order valence-corrected chi connectivity index (χ3v) is 4.09. The first-order valence-corrected chi connectivity index (χ1v) is 7.86. The number of hydrogen-bond acceptors (Lipinski definition) is 4. The molecule has 25 heavy (non-hydrogen) atoms. The fourth-order valence-corrected chi connectivity index (χ4v) is 2.78. The Balaban J connectivity index is 1.51. The lowest BCUT2D eigenvalue weighted by Crippen LogP contribution is -2.24. The molecule has 3 aromatic rings. The molecular formula is C18H15FN4O2. The molecule has 0 radical (unpaired) electrons. The summed E-state index contributed by atoms with van der Waals surface area (Å²) in [6.45, 7) is 0.745. The Bertz CT molecular complexity index is 893. The molecule has 1 unspecified atom stereocenters. The highest BCUT2D eigenvalue weighted by atomic mass is 19.1. The van der Waals surface area contributed by atoms with Crippen molar-refractivity contribution in [1.29, 1.82) is 0 Å². The first kappa shape index (κ1) is 15.5. The summed E-state index contributed by atoms with van der Waals surface area (Å²) in [6.07, 6.45) is -0.122. The van der Waals surface area contributed by atoms with E-state index >= 15 is 0 Å². The average molecular weight is 338 g/mol. The van der Waals surface area contributed by atoms with Crippen LogP contribution in [-0.4, -0.2) is 20.9 Å². The maximum atomic E-state index is 12.9. The lowest BCUT2D eigenvalue weighted by Gasteiger charge is -2.24. The number of nitrogens with zero attached hydrogens (tertiary/aromatic N) is 3. The Kier molecular flexibility index (Phi) is 3.99. The number of carbonyl (C=O) groups excluding carboxylic acids is 1. The van der Waals surface area contributed by atoms with Crippen molar-refractivity contribution >= 4 is 11.6 Å². The summed E-state index contributed by atoms with van der Waals surface area (Å²) in [5, 5.41) is 10.7. The number of amides is 1. The van der Waals surface area contributed by atoms with Gasteiger partial charge in [0.25, 0.3) is 5.91 Å². The first-order valence-electron chi connectivity index (χ1n) is 7.86. The summed E-state index contributed by atoms with van der Waals surface area (Å²) >= 11 is 0. The van der Waals surface area contributed by atoms with E-state index < -0.39 is 5.91 Å². The third kappa shape index (κ3) is 3.14. The van der Waals surface area contributed by atoms with E-state index in [0.717, 1.165) is 5.56 Å². The van der Waals surface area contributed by atoms with Crippen LogP contribution in [0.25, 0.3) is 0 Å². The van der Waals surface area contributed by atoms with Gasteiger partial charge in [-0.3, -0.25) is 4.79 Å². The van der Waals surface area contributed by atoms with E-state index in [2.05, 4.69) is 15.6 Å². The van der Waals surface area contributed by atoms with E-state index in [9.17, 15) is 9.18 Å². The van der Waals surface area contributed by atoms with Gasteiger partial charge in [0, 0.05) is 5.69 Å². The largest absolute Gasteiger partial charge is 0.365 e. The molecule has 1 aliphatic rings. The molecule has 0 aliphatic carbocycles. The van der Waals surface area contributed by atoms with Crippen LogP contribution < -0.4 is 5.32 Å². The van der Waals surface area contributed by atoms with Crippen molar-refractivity contribution in [2.24, 2.45) is 0 Å².